The molecule has 3 nitrogen and oxygen atoms in total. The molecule has 0 fully saturated rings. The largest absolute Gasteiger partial charge is 0.341 e. The van der Waals surface area contributed by atoms with E-state index in [2.05, 4.69) is 38.0 Å². The molecule has 0 saturated carbocycles. The maximum Gasteiger partial charge on any atom is 0.124 e. The first kappa shape index (κ1) is 18.0. The van der Waals surface area contributed by atoms with Gasteiger partial charge in [0.05, 0.1) is 17.1 Å². The van der Waals surface area contributed by atoms with Crippen LogP contribution in [-0.2, 0) is 6.42 Å². The zero-order valence-electron chi connectivity index (χ0n) is 11.1. The van der Waals surface area contributed by atoms with Crippen molar-refractivity contribution in [3.05, 3.63) is 64.4 Å². The molecule has 112 valence electrons. The molecule has 0 spiro atoms. The number of para-hydroxylation sites is 2. The Morgan fingerprint density at radius 1 is 1.05 bits per heavy atom. The van der Waals surface area contributed by atoms with Crippen molar-refractivity contribution in [3.63, 3.8) is 0 Å². The van der Waals surface area contributed by atoms with E-state index in [-0.39, 0.29) is 30.9 Å². The van der Waals surface area contributed by atoms with Gasteiger partial charge in [0.1, 0.15) is 5.82 Å². The highest BCUT2D eigenvalue weighted by Gasteiger charge is 2.11. The Morgan fingerprint density at radius 2 is 1.71 bits per heavy atom. The zero-order chi connectivity index (χ0) is 13.2. The first-order valence-electron chi connectivity index (χ1n) is 6.17. The molecular weight excluding hydrogens is 373 g/mol. The van der Waals surface area contributed by atoms with Crippen LogP contribution in [0, 0.1) is 0 Å². The van der Waals surface area contributed by atoms with Crippen LogP contribution in [0.3, 0.4) is 0 Å². The van der Waals surface area contributed by atoms with Gasteiger partial charge < -0.3 is 10.7 Å². The third kappa shape index (κ3) is 4.20. The molecular formula is C15H16BrCl2N3. The lowest BCUT2D eigenvalue weighted by molar-refractivity contribution is 0.680. The van der Waals surface area contributed by atoms with Crippen molar-refractivity contribution in [2.45, 2.75) is 12.5 Å². The number of fused-ring (bicyclic) bond motifs is 1. The van der Waals surface area contributed by atoms with Crippen LogP contribution in [0.15, 0.2) is 53.0 Å². The number of nitrogens with one attached hydrogen (secondary N) is 1. The molecule has 0 aliphatic carbocycles. The highest BCUT2D eigenvalue weighted by atomic mass is 79.9. The second-order valence-corrected chi connectivity index (χ2v) is 5.49. The molecule has 0 unspecified atom stereocenters. The van der Waals surface area contributed by atoms with Crippen LogP contribution >= 0.6 is 40.7 Å². The second-order valence-electron chi connectivity index (χ2n) is 4.58. The molecule has 1 heterocycles. The van der Waals surface area contributed by atoms with E-state index in [1.165, 1.54) is 5.56 Å². The van der Waals surface area contributed by atoms with Crippen molar-refractivity contribution in [2.24, 2.45) is 5.73 Å². The van der Waals surface area contributed by atoms with Crippen molar-refractivity contribution < 1.29 is 0 Å². The quantitative estimate of drug-likeness (QED) is 0.697. The normalized spacial score (nSPS) is 11.5. The van der Waals surface area contributed by atoms with Gasteiger partial charge in [0, 0.05) is 4.47 Å². The number of imidazole rings is 1. The molecule has 0 amide bonds. The van der Waals surface area contributed by atoms with Gasteiger partial charge in [-0.05, 0) is 36.2 Å². The van der Waals surface area contributed by atoms with Gasteiger partial charge in [-0.2, -0.15) is 0 Å². The van der Waals surface area contributed by atoms with Crippen molar-refractivity contribution in [1.82, 2.24) is 9.97 Å². The van der Waals surface area contributed by atoms with Gasteiger partial charge in [-0.1, -0.05) is 40.2 Å². The molecule has 1 aromatic heterocycles. The van der Waals surface area contributed by atoms with E-state index >= 15 is 0 Å². The van der Waals surface area contributed by atoms with Crippen molar-refractivity contribution >= 4 is 51.8 Å². The Bertz CT molecular complexity index is 664. The van der Waals surface area contributed by atoms with Crippen molar-refractivity contribution in [3.8, 4) is 0 Å². The fourth-order valence-electron chi connectivity index (χ4n) is 2.12. The number of halogens is 3. The summed E-state index contributed by atoms with van der Waals surface area (Å²) < 4.78 is 1.08. The predicted molar refractivity (Wildman–Crippen MR) is 95.4 cm³/mol. The van der Waals surface area contributed by atoms with Crippen LogP contribution in [0.25, 0.3) is 11.0 Å². The van der Waals surface area contributed by atoms with Gasteiger partial charge in [-0.3, -0.25) is 0 Å². The molecule has 3 N–H and O–H groups in total. The van der Waals surface area contributed by atoms with E-state index < -0.39 is 0 Å². The van der Waals surface area contributed by atoms with Gasteiger partial charge >= 0.3 is 0 Å². The molecule has 0 radical (unpaired) electrons. The number of nitrogens with zero attached hydrogens (tertiary/aromatic N) is 1. The number of benzene rings is 2. The molecule has 2 aromatic carbocycles. The second kappa shape index (κ2) is 7.80. The Labute approximate surface area is 144 Å². The van der Waals surface area contributed by atoms with Crippen LogP contribution in [0.5, 0.6) is 0 Å². The van der Waals surface area contributed by atoms with E-state index in [1.54, 1.807) is 0 Å². The average molecular weight is 389 g/mol. The minimum Gasteiger partial charge on any atom is -0.341 e. The number of hydrogen-bond acceptors (Lipinski definition) is 2. The van der Waals surface area contributed by atoms with E-state index in [9.17, 15) is 0 Å². The number of rotatable bonds is 3. The number of aromatic nitrogens is 2. The average Bonchev–Trinajstić information content (AvgIpc) is 2.85. The highest BCUT2D eigenvalue weighted by molar-refractivity contribution is 9.10. The fraction of sp³-hybridized carbons (Fsp3) is 0.133. The molecule has 0 saturated heterocycles. The van der Waals surface area contributed by atoms with Crippen LogP contribution in [-0.4, -0.2) is 9.97 Å². The monoisotopic (exact) mass is 387 g/mol. The number of aromatic amines is 1. The minimum atomic E-state index is -0.117. The van der Waals surface area contributed by atoms with Crippen molar-refractivity contribution in [2.75, 3.05) is 0 Å². The van der Waals surface area contributed by atoms with Crippen LogP contribution in [0.2, 0.25) is 0 Å². The van der Waals surface area contributed by atoms with Gasteiger partial charge in [0.15, 0.2) is 0 Å². The van der Waals surface area contributed by atoms with Gasteiger partial charge in [-0.15, -0.1) is 24.8 Å². The standard InChI is InChI=1S/C15H14BrN3.2ClH/c16-11-7-5-10(6-8-11)9-12(17)15-18-13-3-1-2-4-14(13)19-15;;/h1-8,12H,9,17H2,(H,18,19);2*1H/t12-;;/m1../s1. The topological polar surface area (TPSA) is 54.7 Å². The Balaban J connectivity index is 0.00000110. The Morgan fingerprint density at radius 3 is 2.38 bits per heavy atom. The number of nitrogens with two attached hydrogens (primary N) is 1. The van der Waals surface area contributed by atoms with Gasteiger partial charge in [0.25, 0.3) is 0 Å². The molecule has 0 bridgehead atoms. The third-order valence-electron chi connectivity index (χ3n) is 3.13. The summed E-state index contributed by atoms with van der Waals surface area (Å²) >= 11 is 3.43. The molecule has 3 rings (SSSR count). The number of hydrogen-bond donors (Lipinski definition) is 2. The Hall–Kier alpha value is -1.07. The van der Waals surface area contributed by atoms with E-state index in [0.717, 1.165) is 27.8 Å². The summed E-state index contributed by atoms with van der Waals surface area (Å²) in [7, 11) is 0. The lowest BCUT2D eigenvalue weighted by Gasteiger charge is -2.08. The summed E-state index contributed by atoms with van der Waals surface area (Å²) in [5.74, 6) is 0.837. The third-order valence-corrected chi connectivity index (χ3v) is 3.66. The van der Waals surface area contributed by atoms with E-state index in [0.29, 0.717) is 0 Å². The van der Waals surface area contributed by atoms with E-state index in [1.807, 2.05) is 36.4 Å². The summed E-state index contributed by atoms with van der Waals surface area (Å²) in [4.78, 5) is 7.82. The van der Waals surface area contributed by atoms with Crippen LogP contribution in [0.4, 0.5) is 0 Å². The summed E-state index contributed by atoms with van der Waals surface area (Å²) in [5, 5.41) is 0. The maximum atomic E-state index is 6.22. The number of H-pyrrole nitrogens is 1. The fourth-order valence-corrected chi connectivity index (χ4v) is 2.38. The van der Waals surface area contributed by atoms with Crippen LogP contribution < -0.4 is 5.73 Å². The highest BCUT2D eigenvalue weighted by Crippen LogP contribution is 2.19. The first-order valence-corrected chi connectivity index (χ1v) is 6.96. The smallest absolute Gasteiger partial charge is 0.124 e. The SMILES string of the molecule is Cl.Cl.N[C@H](Cc1ccc(Br)cc1)c1nc2ccccc2[nH]1. The summed E-state index contributed by atoms with van der Waals surface area (Å²) in [6, 6.07) is 16.1. The zero-order valence-corrected chi connectivity index (χ0v) is 14.3. The van der Waals surface area contributed by atoms with Crippen molar-refractivity contribution in [1.29, 1.82) is 0 Å². The maximum absolute atomic E-state index is 6.22. The predicted octanol–water partition coefficient (Wildman–Crippen LogP) is 4.41. The molecule has 0 aliphatic heterocycles. The molecule has 3 aromatic rings. The summed E-state index contributed by atoms with van der Waals surface area (Å²) in [6.45, 7) is 0. The molecule has 0 aliphatic rings. The lowest BCUT2D eigenvalue weighted by Crippen LogP contribution is -2.14. The van der Waals surface area contributed by atoms with E-state index in [4.69, 9.17) is 5.73 Å². The lowest BCUT2D eigenvalue weighted by atomic mass is 10.1. The summed E-state index contributed by atoms with van der Waals surface area (Å²) in [6.07, 6.45) is 0.771. The molecule has 1 atom stereocenters. The van der Waals surface area contributed by atoms with Crippen LogP contribution in [0.1, 0.15) is 17.4 Å². The molecule has 6 heteroatoms. The first-order chi connectivity index (χ1) is 9.22. The molecule has 21 heavy (non-hydrogen) atoms. The Kier molecular flexibility index (Phi) is 6.68. The summed E-state index contributed by atoms with van der Waals surface area (Å²) in [5.41, 5.74) is 9.42. The van der Waals surface area contributed by atoms with Gasteiger partial charge in [0.2, 0.25) is 0 Å². The van der Waals surface area contributed by atoms with Gasteiger partial charge in [-0.25, -0.2) is 4.98 Å². The minimum absolute atomic E-state index is 0.